The third kappa shape index (κ3) is 4.18. The first-order chi connectivity index (χ1) is 10.5. The fraction of sp³-hybridized carbons (Fsp3) is 0.316. The van der Waals surface area contributed by atoms with Crippen molar-refractivity contribution < 1.29 is 9.90 Å². The smallest absolute Gasteiger partial charge is 0.317 e. The molecule has 0 amide bonds. The molecule has 0 bridgehead atoms. The standard InChI is InChI=1S/C19H23NO2/c1-14(2)20(13-19(21)22)12-16-8-6-9-17(11-16)18-10-5-4-7-15(18)3/h4-11,14H,12-13H2,1-3H3,(H,21,22). The average Bonchev–Trinajstić information content (AvgIpc) is 2.47. The zero-order chi connectivity index (χ0) is 16.1. The van der Waals surface area contributed by atoms with Gasteiger partial charge >= 0.3 is 5.97 Å². The number of aryl methyl sites for hydroxylation is 1. The van der Waals surface area contributed by atoms with Crippen molar-refractivity contribution in [2.24, 2.45) is 0 Å². The van der Waals surface area contributed by atoms with Crippen LogP contribution in [0.5, 0.6) is 0 Å². The van der Waals surface area contributed by atoms with E-state index in [0.717, 1.165) is 5.56 Å². The van der Waals surface area contributed by atoms with E-state index >= 15 is 0 Å². The minimum absolute atomic E-state index is 0.0618. The maximum absolute atomic E-state index is 11.0. The van der Waals surface area contributed by atoms with Gasteiger partial charge in [-0.3, -0.25) is 9.69 Å². The molecule has 0 aliphatic carbocycles. The zero-order valence-corrected chi connectivity index (χ0v) is 13.4. The molecule has 3 heteroatoms. The van der Waals surface area contributed by atoms with E-state index in [1.165, 1.54) is 16.7 Å². The zero-order valence-electron chi connectivity index (χ0n) is 13.4. The molecule has 0 aromatic heterocycles. The lowest BCUT2D eigenvalue weighted by Gasteiger charge is -2.24. The molecule has 0 heterocycles. The van der Waals surface area contributed by atoms with Gasteiger partial charge in [0.2, 0.25) is 0 Å². The summed E-state index contributed by atoms with van der Waals surface area (Å²) in [5, 5.41) is 9.04. The lowest BCUT2D eigenvalue weighted by Crippen LogP contribution is -2.35. The predicted octanol–water partition coefficient (Wildman–Crippen LogP) is 3.96. The van der Waals surface area contributed by atoms with Gasteiger partial charge in [0.05, 0.1) is 6.54 Å². The van der Waals surface area contributed by atoms with Gasteiger partial charge in [-0.1, -0.05) is 42.5 Å². The van der Waals surface area contributed by atoms with Crippen molar-refractivity contribution in [1.82, 2.24) is 4.90 Å². The normalized spacial score (nSPS) is 11.1. The van der Waals surface area contributed by atoms with Gasteiger partial charge in [-0.25, -0.2) is 0 Å². The SMILES string of the molecule is Cc1ccccc1-c1cccc(CN(CC(=O)O)C(C)C)c1. The van der Waals surface area contributed by atoms with Crippen LogP contribution in [0.3, 0.4) is 0 Å². The van der Waals surface area contributed by atoms with Gasteiger partial charge in [0.25, 0.3) is 0 Å². The van der Waals surface area contributed by atoms with E-state index in [1.807, 2.05) is 36.9 Å². The van der Waals surface area contributed by atoms with E-state index in [2.05, 4.69) is 37.3 Å². The number of hydrogen-bond acceptors (Lipinski definition) is 2. The summed E-state index contributed by atoms with van der Waals surface area (Å²) < 4.78 is 0. The van der Waals surface area contributed by atoms with E-state index in [0.29, 0.717) is 6.54 Å². The Morgan fingerprint density at radius 2 is 1.86 bits per heavy atom. The summed E-state index contributed by atoms with van der Waals surface area (Å²) in [6, 6.07) is 16.8. The maximum atomic E-state index is 11.0. The monoisotopic (exact) mass is 297 g/mol. The van der Waals surface area contributed by atoms with Gasteiger partial charge in [0.1, 0.15) is 0 Å². The highest BCUT2D eigenvalue weighted by Crippen LogP contribution is 2.24. The van der Waals surface area contributed by atoms with Crippen LogP contribution in [0.1, 0.15) is 25.0 Å². The Balaban J connectivity index is 2.25. The fourth-order valence-corrected chi connectivity index (χ4v) is 2.56. The van der Waals surface area contributed by atoms with E-state index in [-0.39, 0.29) is 12.6 Å². The Morgan fingerprint density at radius 1 is 1.14 bits per heavy atom. The summed E-state index contributed by atoms with van der Waals surface area (Å²) in [6.07, 6.45) is 0. The van der Waals surface area contributed by atoms with Gasteiger partial charge in [0, 0.05) is 12.6 Å². The summed E-state index contributed by atoms with van der Waals surface area (Å²) in [5.41, 5.74) is 4.77. The molecule has 3 nitrogen and oxygen atoms in total. The van der Waals surface area contributed by atoms with Crippen molar-refractivity contribution in [2.75, 3.05) is 6.54 Å². The highest BCUT2D eigenvalue weighted by molar-refractivity contribution is 5.69. The Labute approximate surface area is 132 Å². The second kappa shape index (κ2) is 7.23. The highest BCUT2D eigenvalue weighted by atomic mass is 16.4. The highest BCUT2D eigenvalue weighted by Gasteiger charge is 2.14. The van der Waals surface area contributed by atoms with E-state index in [4.69, 9.17) is 5.11 Å². The second-order valence-corrected chi connectivity index (χ2v) is 5.91. The minimum atomic E-state index is -0.788. The van der Waals surface area contributed by atoms with Gasteiger partial charge in [-0.05, 0) is 49.1 Å². The number of hydrogen-bond donors (Lipinski definition) is 1. The van der Waals surface area contributed by atoms with Crippen LogP contribution in [-0.2, 0) is 11.3 Å². The number of carbonyl (C=O) groups is 1. The van der Waals surface area contributed by atoms with Crippen molar-refractivity contribution in [2.45, 2.75) is 33.4 Å². The summed E-state index contributed by atoms with van der Waals surface area (Å²) in [4.78, 5) is 13.0. The van der Waals surface area contributed by atoms with Crippen LogP contribution in [0.25, 0.3) is 11.1 Å². The summed E-state index contributed by atoms with van der Waals surface area (Å²) in [5.74, 6) is -0.788. The molecule has 2 aromatic rings. The molecule has 0 radical (unpaired) electrons. The molecule has 0 aliphatic rings. The molecule has 1 N–H and O–H groups in total. The fourth-order valence-electron chi connectivity index (χ4n) is 2.56. The average molecular weight is 297 g/mol. The topological polar surface area (TPSA) is 40.5 Å². The molecule has 116 valence electrons. The third-order valence-corrected chi connectivity index (χ3v) is 3.84. The first kappa shape index (κ1) is 16.2. The first-order valence-electron chi connectivity index (χ1n) is 7.58. The van der Waals surface area contributed by atoms with Gasteiger partial charge in [-0.2, -0.15) is 0 Å². The maximum Gasteiger partial charge on any atom is 0.317 e. The molecule has 0 unspecified atom stereocenters. The number of carboxylic acid groups (broad SMARTS) is 1. The molecule has 0 spiro atoms. The van der Waals surface area contributed by atoms with E-state index < -0.39 is 5.97 Å². The van der Waals surface area contributed by atoms with Crippen molar-refractivity contribution in [3.8, 4) is 11.1 Å². The van der Waals surface area contributed by atoms with Crippen molar-refractivity contribution in [1.29, 1.82) is 0 Å². The Hall–Kier alpha value is -2.13. The molecule has 0 saturated carbocycles. The van der Waals surface area contributed by atoms with Crippen LogP contribution in [0.2, 0.25) is 0 Å². The first-order valence-corrected chi connectivity index (χ1v) is 7.58. The molecule has 2 rings (SSSR count). The molecular formula is C19H23NO2. The van der Waals surface area contributed by atoms with Crippen LogP contribution in [0.4, 0.5) is 0 Å². The van der Waals surface area contributed by atoms with Crippen LogP contribution >= 0.6 is 0 Å². The third-order valence-electron chi connectivity index (χ3n) is 3.84. The lowest BCUT2D eigenvalue weighted by atomic mass is 9.99. The van der Waals surface area contributed by atoms with Gasteiger partial charge in [0.15, 0.2) is 0 Å². The van der Waals surface area contributed by atoms with E-state index in [1.54, 1.807) is 0 Å². The van der Waals surface area contributed by atoms with Gasteiger partial charge in [-0.15, -0.1) is 0 Å². The van der Waals surface area contributed by atoms with Crippen molar-refractivity contribution in [3.63, 3.8) is 0 Å². The number of aliphatic carboxylic acids is 1. The molecular weight excluding hydrogens is 274 g/mol. The van der Waals surface area contributed by atoms with Crippen LogP contribution in [-0.4, -0.2) is 28.6 Å². The van der Waals surface area contributed by atoms with Crippen LogP contribution < -0.4 is 0 Å². The summed E-state index contributed by atoms with van der Waals surface area (Å²) >= 11 is 0. The Bertz CT molecular complexity index is 649. The lowest BCUT2D eigenvalue weighted by molar-refractivity contribution is -0.138. The van der Waals surface area contributed by atoms with Crippen molar-refractivity contribution >= 4 is 5.97 Å². The molecule has 2 aromatic carbocycles. The van der Waals surface area contributed by atoms with Crippen LogP contribution in [0, 0.1) is 6.92 Å². The molecule has 0 saturated heterocycles. The quantitative estimate of drug-likeness (QED) is 0.877. The minimum Gasteiger partial charge on any atom is -0.480 e. The molecule has 0 atom stereocenters. The van der Waals surface area contributed by atoms with Crippen molar-refractivity contribution in [3.05, 3.63) is 59.7 Å². The number of rotatable bonds is 6. The molecule has 22 heavy (non-hydrogen) atoms. The van der Waals surface area contributed by atoms with Gasteiger partial charge < -0.3 is 5.11 Å². The second-order valence-electron chi connectivity index (χ2n) is 5.91. The predicted molar refractivity (Wildman–Crippen MR) is 89.8 cm³/mol. The molecule has 0 fully saturated rings. The number of benzene rings is 2. The summed E-state index contributed by atoms with van der Waals surface area (Å²) in [6.45, 7) is 6.85. The Morgan fingerprint density at radius 3 is 2.50 bits per heavy atom. The van der Waals surface area contributed by atoms with E-state index in [9.17, 15) is 4.79 Å². The Kier molecular flexibility index (Phi) is 5.34. The summed E-state index contributed by atoms with van der Waals surface area (Å²) in [7, 11) is 0. The molecule has 0 aliphatic heterocycles. The van der Waals surface area contributed by atoms with Crippen LogP contribution in [0.15, 0.2) is 48.5 Å². The largest absolute Gasteiger partial charge is 0.480 e. The number of nitrogens with zero attached hydrogens (tertiary/aromatic N) is 1. The number of carboxylic acids is 1.